The molecule has 0 heterocycles. The molecule has 0 spiro atoms. The van der Waals surface area contributed by atoms with E-state index in [1.165, 1.54) is 0 Å². The van der Waals surface area contributed by atoms with Crippen LogP contribution < -0.4 is 10.1 Å². The minimum absolute atomic E-state index is 0.000215. The van der Waals surface area contributed by atoms with Crippen LogP contribution in [0.2, 0.25) is 0 Å². The van der Waals surface area contributed by atoms with Crippen molar-refractivity contribution in [2.24, 2.45) is 5.41 Å². The van der Waals surface area contributed by atoms with Gasteiger partial charge in [-0.1, -0.05) is 20.8 Å². The fourth-order valence-corrected chi connectivity index (χ4v) is 5.36. The van der Waals surface area contributed by atoms with Gasteiger partial charge in [-0.3, -0.25) is 0 Å². The Kier molecular flexibility index (Phi) is 4.63. The van der Waals surface area contributed by atoms with Gasteiger partial charge >= 0.3 is 0 Å². The van der Waals surface area contributed by atoms with Crippen molar-refractivity contribution >= 4 is 9.84 Å². The Hall–Kier alpha value is -1.07. The molecule has 1 N–H and O–H groups in total. The lowest BCUT2D eigenvalue weighted by atomic mass is 9.87. The highest BCUT2D eigenvalue weighted by atomic mass is 32.2. The van der Waals surface area contributed by atoms with E-state index >= 15 is 0 Å². The number of hydrogen-bond acceptors (Lipinski definition) is 4. The zero-order valence-corrected chi connectivity index (χ0v) is 14.0. The Morgan fingerprint density at radius 3 is 2.43 bits per heavy atom. The second-order valence-corrected chi connectivity index (χ2v) is 8.49. The lowest BCUT2D eigenvalue weighted by Gasteiger charge is -2.31. The third kappa shape index (κ3) is 3.09. The van der Waals surface area contributed by atoms with E-state index in [1.54, 1.807) is 31.4 Å². The van der Waals surface area contributed by atoms with E-state index in [1.807, 2.05) is 6.92 Å². The van der Waals surface area contributed by atoms with E-state index in [9.17, 15) is 8.42 Å². The number of rotatable bonds is 5. The van der Waals surface area contributed by atoms with E-state index in [0.717, 1.165) is 13.0 Å². The molecule has 0 bridgehead atoms. The molecule has 2 rings (SSSR count). The van der Waals surface area contributed by atoms with E-state index < -0.39 is 9.84 Å². The van der Waals surface area contributed by atoms with Gasteiger partial charge in [0, 0.05) is 6.04 Å². The molecule has 1 aliphatic rings. The summed E-state index contributed by atoms with van der Waals surface area (Å²) in [5.41, 5.74) is 0.000215. The third-order valence-electron chi connectivity index (χ3n) is 4.50. The first-order valence-corrected chi connectivity index (χ1v) is 8.99. The first-order valence-electron chi connectivity index (χ1n) is 7.44. The highest BCUT2D eigenvalue weighted by Gasteiger charge is 2.47. The molecular formula is C16H25NO3S. The zero-order chi connectivity index (χ0) is 15.7. The van der Waals surface area contributed by atoms with E-state index in [0.29, 0.717) is 17.1 Å². The van der Waals surface area contributed by atoms with Crippen LogP contribution >= 0.6 is 0 Å². The maximum absolute atomic E-state index is 12.9. The third-order valence-corrected chi connectivity index (χ3v) is 6.73. The molecule has 0 aromatic heterocycles. The van der Waals surface area contributed by atoms with Gasteiger partial charge in [0.2, 0.25) is 0 Å². The molecule has 2 unspecified atom stereocenters. The van der Waals surface area contributed by atoms with Crippen molar-refractivity contribution in [3.63, 3.8) is 0 Å². The van der Waals surface area contributed by atoms with Crippen molar-refractivity contribution in [3.8, 4) is 5.75 Å². The van der Waals surface area contributed by atoms with Gasteiger partial charge in [0.05, 0.1) is 17.3 Å². The smallest absolute Gasteiger partial charge is 0.182 e. The molecule has 0 amide bonds. The Morgan fingerprint density at radius 2 is 1.90 bits per heavy atom. The number of benzene rings is 1. The number of hydrogen-bond donors (Lipinski definition) is 1. The highest BCUT2D eigenvalue weighted by molar-refractivity contribution is 7.92. The van der Waals surface area contributed by atoms with Crippen LogP contribution in [0.5, 0.6) is 5.75 Å². The van der Waals surface area contributed by atoms with Gasteiger partial charge in [0.25, 0.3) is 0 Å². The molecule has 1 saturated carbocycles. The Morgan fingerprint density at radius 1 is 1.29 bits per heavy atom. The quantitative estimate of drug-likeness (QED) is 0.908. The number of ether oxygens (including phenoxy) is 1. The topological polar surface area (TPSA) is 55.4 Å². The molecule has 1 fully saturated rings. The predicted octanol–water partition coefficient (Wildman–Crippen LogP) is 2.64. The van der Waals surface area contributed by atoms with Gasteiger partial charge < -0.3 is 10.1 Å². The summed E-state index contributed by atoms with van der Waals surface area (Å²) in [6, 6.07) is 6.68. The molecule has 21 heavy (non-hydrogen) atoms. The molecule has 1 aliphatic carbocycles. The Labute approximate surface area is 127 Å². The van der Waals surface area contributed by atoms with Crippen LogP contribution in [0.15, 0.2) is 29.2 Å². The number of methoxy groups -OCH3 is 1. The van der Waals surface area contributed by atoms with E-state index in [4.69, 9.17) is 4.74 Å². The van der Waals surface area contributed by atoms with Crippen LogP contribution in [0.4, 0.5) is 0 Å². The normalized spacial score (nSPS) is 25.0. The summed E-state index contributed by atoms with van der Waals surface area (Å²) in [6.07, 6.45) is 1.63. The zero-order valence-electron chi connectivity index (χ0n) is 13.2. The second kappa shape index (κ2) is 5.97. The van der Waals surface area contributed by atoms with Gasteiger partial charge in [-0.05, 0) is 49.1 Å². The molecule has 5 heteroatoms. The number of nitrogens with one attached hydrogen (secondary N) is 1. The molecule has 0 saturated heterocycles. The van der Waals surface area contributed by atoms with Gasteiger partial charge in [-0.25, -0.2) is 8.42 Å². The van der Waals surface area contributed by atoms with Crippen molar-refractivity contribution in [2.75, 3.05) is 13.7 Å². The monoisotopic (exact) mass is 311 g/mol. The van der Waals surface area contributed by atoms with Crippen LogP contribution in [0.1, 0.15) is 33.6 Å². The Balaban J connectivity index is 2.33. The van der Waals surface area contributed by atoms with Crippen LogP contribution in [0, 0.1) is 5.41 Å². The van der Waals surface area contributed by atoms with Crippen LogP contribution in [0.25, 0.3) is 0 Å². The van der Waals surface area contributed by atoms with Gasteiger partial charge in [-0.15, -0.1) is 0 Å². The molecule has 0 radical (unpaired) electrons. The van der Waals surface area contributed by atoms with Gasteiger partial charge in [-0.2, -0.15) is 0 Å². The summed E-state index contributed by atoms with van der Waals surface area (Å²) in [4.78, 5) is 0.383. The molecule has 4 nitrogen and oxygen atoms in total. The molecule has 1 aromatic rings. The van der Waals surface area contributed by atoms with Crippen molar-refractivity contribution in [2.45, 2.75) is 49.8 Å². The average molecular weight is 311 g/mol. The van der Waals surface area contributed by atoms with E-state index in [-0.39, 0.29) is 16.7 Å². The minimum Gasteiger partial charge on any atom is -0.497 e. The SMILES string of the molecule is CCNC1C(S(=O)(=O)c2ccc(OC)cc2)CCC1(C)C. The highest BCUT2D eigenvalue weighted by Crippen LogP contribution is 2.42. The second-order valence-electron chi connectivity index (χ2n) is 6.32. The Bertz CT molecular complexity index is 578. The molecular weight excluding hydrogens is 286 g/mol. The first kappa shape index (κ1) is 16.3. The summed E-state index contributed by atoms with van der Waals surface area (Å²) < 4.78 is 30.9. The molecule has 118 valence electrons. The summed E-state index contributed by atoms with van der Waals surface area (Å²) in [7, 11) is -1.75. The van der Waals surface area contributed by atoms with E-state index in [2.05, 4.69) is 19.2 Å². The molecule has 0 aliphatic heterocycles. The molecule has 1 aromatic carbocycles. The van der Waals surface area contributed by atoms with Gasteiger partial charge in [0.1, 0.15) is 5.75 Å². The largest absolute Gasteiger partial charge is 0.497 e. The van der Waals surface area contributed by atoms with Crippen LogP contribution in [-0.2, 0) is 9.84 Å². The fourth-order valence-electron chi connectivity index (χ4n) is 3.24. The van der Waals surface area contributed by atoms with Crippen molar-refractivity contribution < 1.29 is 13.2 Å². The molecule has 2 atom stereocenters. The van der Waals surface area contributed by atoms with Crippen molar-refractivity contribution in [1.82, 2.24) is 5.32 Å². The maximum atomic E-state index is 12.9. The summed E-state index contributed by atoms with van der Waals surface area (Å²) in [5.74, 6) is 0.670. The summed E-state index contributed by atoms with van der Waals surface area (Å²) >= 11 is 0. The van der Waals surface area contributed by atoms with Crippen LogP contribution in [0.3, 0.4) is 0 Å². The maximum Gasteiger partial charge on any atom is 0.182 e. The minimum atomic E-state index is -3.32. The lowest BCUT2D eigenvalue weighted by molar-refractivity contribution is 0.288. The number of sulfone groups is 1. The van der Waals surface area contributed by atoms with Crippen molar-refractivity contribution in [3.05, 3.63) is 24.3 Å². The lowest BCUT2D eigenvalue weighted by Crippen LogP contribution is -2.47. The van der Waals surface area contributed by atoms with Gasteiger partial charge in [0.15, 0.2) is 9.84 Å². The predicted molar refractivity (Wildman–Crippen MR) is 84.4 cm³/mol. The van der Waals surface area contributed by atoms with Crippen molar-refractivity contribution in [1.29, 1.82) is 0 Å². The average Bonchev–Trinajstić information content (AvgIpc) is 2.75. The standard InChI is InChI=1S/C16H25NO3S/c1-5-17-15-14(10-11-16(15,2)3)21(18,19)13-8-6-12(20-4)7-9-13/h6-9,14-15,17H,5,10-11H2,1-4H3. The van der Waals surface area contributed by atoms with Crippen LogP contribution in [-0.4, -0.2) is 33.4 Å². The summed E-state index contributed by atoms with van der Waals surface area (Å²) in [5, 5.41) is 3.02. The fraction of sp³-hybridized carbons (Fsp3) is 0.625. The summed E-state index contributed by atoms with van der Waals surface area (Å²) in [6.45, 7) is 7.09. The first-order chi connectivity index (χ1) is 9.82.